The number of aryl methyl sites for hydroxylation is 1. The van der Waals surface area contributed by atoms with Gasteiger partial charge in [-0.1, -0.05) is 23.5 Å². The number of para-hydroxylation sites is 1. The maximum absolute atomic E-state index is 12.6. The second kappa shape index (κ2) is 8.03. The second-order valence-electron chi connectivity index (χ2n) is 7.24. The van der Waals surface area contributed by atoms with Crippen LogP contribution in [-0.4, -0.2) is 45.8 Å². The molecule has 0 unspecified atom stereocenters. The van der Waals surface area contributed by atoms with Crippen molar-refractivity contribution in [2.24, 2.45) is 0 Å². The lowest BCUT2D eigenvalue weighted by Gasteiger charge is -2.18. The van der Waals surface area contributed by atoms with Gasteiger partial charge in [-0.15, -0.1) is 11.8 Å². The van der Waals surface area contributed by atoms with E-state index in [2.05, 4.69) is 5.32 Å². The summed E-state index contributed by atoms with van der Waals surface area (Å²) < 4.78 is 13.4. The van der Waals surface area contributed by atoms with Gasteiger partial charge < -0.3 is 19.9 Å². The number of thiazole rings is 1. The highest BCUT2D eigenvalue weighted by atomic mass is 32.2. The average Bonchev–Trinajstić information content (AvgIpc) is 3.30. The highest BCUT2D eigenvalue weighted by molar-refractivity contribution is 8.00. The maximum atomic E-state index is 12.6. The molecule has 0 spiro atoms. The lowest BCUT2D eigenvalue weighted by molar-refractivity contribution is -0.113. The lowest BCUT2D eigenvalue weighted by Crippen LogP contribution is -2.15. The summed E-state index contributed by atoms with van der Waals surface area (Å²) in [4.78, 5) is 17.3. The third-order valence-electron chi connectivity index (χ3n) is 5.28. The van der Waals surface area contributed by atoms with Gasteiger partial charge in [-0.05, 0) is 36.8 Å². The summed E-state index contributed by atoms with van der Waals surface area (Å²) in [6.07, 6.45) is 0. The Hall–Kier alpha value is -3.24. The summed E-state index contributed by atoms with van der Waals surface area (Å²) in [5.74, 6) is 1.31. The van der Waals surface area contributed by atoms with Crippen LogP contribution in [0.15, 0.2) is 36.4 Å². The first kappa shape index (κ1) is 20.7. The van der Waals surface area contributed by atoms with Crippen LogP contribution in [0.1, 0.15) is 22.1 Å². The molecule has 2 aromatic carbocycles. The fraction of sp³-hybridized carbons (Fsp3) is 0.227. The quantitative estimate of drug-likeness (QED) is 0.461. The predicted octanol–water partition coefficient (Wildman–Crippen LogP) is 4.29. The summed E-state index contributed by atoms with van der Waals surface area (Å²) in [5, 5.41) is 18.5. The number of phenols is 1. The molecule has 2 aromatic heterocycles. The molecule has 0 fully saturated rings. The average molecular weight is 469 g/mol. The number of thioether (sulfide) groups is 1. The van der Waals surface area contributed by atoms with Gasteiger partial charge in [0.25, 0.3) is 0 Å². The van der Waals surface area contributed by atoms with Crippen molar-refractivity contribution in [3.05, 3.63) is 53.2 Å². The fourth-order valence-corrected chi connectivity index (χ4v) is 5.89. The van der Waals surface area contributed by atoms with Crippen LogP contribution < -0.4 is 14.8 Å². The molecule has 1 aliphatic heterocycles. The molecule has 10 heteroatoms. The Morgan fingerprint density at radius 2 is 1.91 bits per heavy atom. The van der Waals surface area contributed by atoms with Crippen LogP contribution in [0.5, 0.6) is 17.2 Å². The fourth-order valence-electron chi connectivity index (χ4n) is 3.80. The van der Waals surface area contributed by atoms with Crippen LogP contribution >= 0.6 is 23.1 Å². The van der Waals surface area contributed by atoms with Crippen molar-refractivity contribution in [3.8, 4) is 22.4 Å². The number of anilines is 1. The minimum absolute atomic E-state index is 0.0614. The van der Waals surface area contributed by atoms with Gasteiger partial charge in [0.05, 0.1) is 41.1 Å². The van der Waals surface area contributed by atoms with E-state index in [4.69, 9.17) is 19.6 Å². The van der Waals surface area contributed by atoms with Gasteiger partial charge in [-0.25, -0.2) is 4.98 Å². The number of aromatic hydroxyl groups is 1. The van der Waals surface area contributed by atoms with Crippen molar-refractivity contribution in [3.63, 3.8) is 0 Å². The minimum Gasteiger partial charge on any atom is -0.502 e. The van der Waals surface area contributed by atoms with E-state index in [1.807, 2.05) is 31.2 Å². The summed E-state index contributed by atoms with van der Waals surface area (Å²) >= 11 is 3.00. The second-order valence-corrected chi connectivity index (χ2v) is 9.34. The first-order valence-corrected chi connectivity index (χ1v) is 11.7. The van der Waals surface area contributed by atoms with Gasteiger partial charge >= 0.3 is 0 Å². The van der Waals surface area contributed by atoms with E-state index in [9.17, 15) is 9.90 Å². The number of nitrogens with one attached hydrogen (secondary N) is 1. The Morgan fingerprint density at radius 1 is 1.19 bits per heavy atom. The number of nitrogens with zero attached hydrogens (tertiary/aromatic N) is 3. The van der Waals surface area contributed by atoms with E-state index in [0.717, 1.165) is 27.0 Å². The number of hydrogen-bond acceptors (Lipinski definition) is 8. The number of hydrogen-bond donors (Lipinski definition) is 2. The maximum Gasteiger partial charge on any atom is 0.235 e. The van der Waals surface area contributed by atoms with Gasteiger partial charge in [0.15, 0.2) is 11.5 Å². The van der Waals surface area contributed by atoms with Crippen LogP contribution in [0.25, 0.3) is 15.3 Å². The number of carbonyl (C=O) groups is 1. The number of benzene rings is 2. The van der Waals surface area contributed by atoms with Gasteiger partial charge in [0.1, 0.15) is 5.82 Å². The molecule has 4 aromatic rings. The molecule has 8 nitrogen and oxygen atoms in total. The van der Waals surface area contributed by atoms with Crippen LogP contribution in [0.2, 0.25) is 0 Å². The molecule has 0 radical (unpaired) electrons. The van der Waals surface area contributed by atoms with Crippen molar-refractivity contribution in [2.45, 2.75) is 12.2 Å². The molecule has 32 heavy (non-hydrogen) atoms. The number of carbonyl (C=O) groups excluding carboxylic acids is 1. The standard InChI is InChI=1S/C22H20N4O4S2/c1-11-18-20(12-8-14(29-2)19(28)15(9-12)30-3)31-10-17(27)24-21(18)26(25-11)22-23-13-6-4-5-7-16(13)32-22/h4-9,20,28H,10H2,1-3H3,(H,24,27)/t20-/m1/s1. The monoisotopic (exact) mass is 468 g/mol. The Balaban J connectivity index is 1.69. The smallest absolute Gasteiger partial charge is 0.235 e. The minimum atomic E-state index is -0.226. The van der Waals surface area contributed by atoms with Gasteiger partial charge in [-0.2, -0.15) is 9.78 Å². The third-order valence-corrected chi connectivity index (χ3v) is 7.56. The van der Waals surface area contributed by atoms with Crippen LogP contribution in [-0.2, 0) is 4.79 Å². The molecule has 1 atom stereocenters. The predicted molar refractivity (Wildman–Crippen MR) is 126 cm³/mol. The Morgan fingerprint density at radius 3 is 2.59 bits per heavy atom. The van der Waals surface area contributed by atoms with Crippen LogP contribution in [0.3, 0.4) is 0 Å². The zero-order valence-electron chi connectivity index (χ0n) is 17.6. The highest BCUT2D eigenvalue weighted by Gasteiger charge is 2.32. The molecular weight excluding hydrogens is 448 g/mol. The molecule has 164 valence electrons. The van der Waals surface area contributed by atoms with E-state index in [-0.39, 0.29) is 22.7 Å². The number of methoxy groups -OCH3 is 2. The van der Waals surface area contributed by atoms with E-state index < -0.39 is 0 Å². The zero-order chi connectivity index (χ0) is 22.4. The van der Waals surface area contributed by atoms with E-state index >= 15 is 0 Å². The molecule has 0 bridgehead atoms. The largest absolute Gasteiger partial charge is 0.502 e. The number of aromatic nitrogens is 3. The summed E-state index contributed by atoms with van der Waals surface area (Å²) in [7, 11) is 2.98. The molecule has 2 N–H and O–H groups in total. The molecular formula is C22H20N4O4S2. The number of rotatable bonds is 4. The molecule has 5 rings (SSSR count). The van der Waals surface area contributed by atoms with Gasteiger partial charge in [0.2, 0.25) is 16.8 Å². The highest BCUT2D eigenvalue weighted by Crippen LogP contribution is 2.48. The van der Waals surface area contributed by atoms with Crippen molar-refractivity contribution in [1.29, 1.82) is 0 Å². The Bertz CT molecular complexity index is 1290. The van der Waals surface area contributed by atoms with Crippen molar-refractivity contribution in [2.75, 3.05) is 25.3 Å². The zero-order valence-corrected chi connectivity index (χ0v) is 19.2. The number of fused-ring (bicyclic) bond motifs is 2. The SMILES string of the molecule is COc1cc([C@H]2SCC(=O)Nc3c2c(C)nn3-c2nc3ccccc3s2)cc(OC)c1O. The normalized spacial score (nSPS) is 15.8. The van der Waals surface area contributed by atoms with Crippen molar-refractivity contribution < 1.29 is 19.4 Å². The van der Waals surface area contributed by atoms with Gasteiger partial charge in [0, 0.05) is 5.56 Å². The molecule has 0 saturated carbocycles. The molecule has 1 aliphatic rings. The Labute approximate surface area is 192 Å². The van der Waals surface area contributed by atoms with Crippen LogP contribution in [0, 0.1) is 6.92 Å². The Kier molecular flexibility index (Phi) is 5.18. The first-order valence-electron chi connectivity index (χ1n) is 9.82. The topological polar surface area (TPSA) is 98.5 Å². The molecule has 3 heterocycles. The number of ether oxygens (including phenoxy) is 2. The van der Waals surface area contributed by atoms with E-state index in [1.165, 1.54) is 37.3 Å². The van der Waals surface area contributed by atoms with Crippen LogP contribution in [0.4, 0.5) is 5.82 Å². The van der Waals surface area contributed by atoms with Crippen molar-refractivity contribution >= 4 is 45.0 Å². The first-order chi connectivity index (χ1) is 15.5. The van der Waals surface area contributed by atoms with E-state index in [0.29, 0.717) is 22.4 Å². The lowest BCUT2D eigenvalue weighted by atomic mass is 10.0. The number of amides is 1. The molecule has 0 saturated heterocycles. The molecule has 1 amide bonds. The third kappa shape index (κ3) is 3.35. The summed E-state index contributed by atoms with van der Waals surface area (Å²) in [5.41, 5.74) is 3.39. The molecule has 0 aliphatic carbocycles. The van der Waals surface area contributed by atoms with Gasteiger partial charge in [-0.3, -0.25) is 4.79 Å². The summed E-state index contributed by atoms with van der Waals surface area (Å²) in [6.45, 7) is 1.92. The van der Waals surface area contributed by atoms with Crippen molar-refractivity contribution in [1.82, 2.24) is 14.8 Å². The van der Waals surface area contributed by atoms with E-state index in [1.54, 1.807) is 16.8 Å². The summed E-state index contributed by atoms with van der Waals surface area (Å²) in [6, 6.07) is 11.4. The number of phenolic OH excluding ortho intramolecular Hbond substituents is 1.